The van der Waals surface area contributed by atoms with Crippen molar-refractivity contribution in [3.05, 3.63) is 35.4 Å². The van der Waals surface area contributed by atoms with Gasteiger partial charge in [0.05, 0.1) is 18.1 Å². The second-order valence-corrected chi connectivity index (χ2v) is 3.83. The molecule has 0 unspecified atom stereocenters. The first kappa shape index (κ1) is 16.5. The van der Waals surface area contributed by atoms with Crippen LogP contribution in [0.1, 0.15) is 34.6 Å². The maximum Gasteiger partial charge on any atom is 0.338 e. The molecular weight excluding hydrogens is 352 g/mol. The summed E-state index contributed by atoms with van der Waals surface area (Å²) >= 11 is 0. The SMILES string of the molecule is CC(C)COC(=O)c1ccccc1C(=O)[O-].[Nd]. The molecule has 4 nitrogen and oxygen atoms in total. The third-order valence-corrected chi connectivity index (χ3v) is 1.91. The molecule has 90 valence electrons. The Morgan fingerprint density at radius 3 is 2.24 bits per heavy atom. The zero-order valence-electron chi connectivity index (χ0n) is 9.73. The second kappa shape index (κ2) is 7.76. The summed E-state index contributed by atoms with van der Waals surface area (Å²) in [6, 6.07) is 5.85. The minimum absolute atomic E-state index is 0. The Balaban J connectivity index is 0.00000256. The quantitative estimate of drug-likeness (QED) is 0.743. The Morgan fingerprint density at radius 2 is 1.76 bits per heavy atom. The van der Waals surface area contributed by atoms with Gasteiger partial charge in [-0.25, -0.2) is 4.79 Å². The summed E-state index contributed by atoms with van der Waals surface area (Å²) in [6.07, 6.45) is 0. The van der Waals surface area contributed by atoms with Crippen LogP contribution in [0, 0.1) is 46.8 Å². The molecule has 0 radical (unpaired) electrons. The van der Waals surface area contributed by atoms with Gasteiger partial charge in [0.2, 0.25) is 0 Å². The molecule has 0 amide bonds. The van der Waals surface area contributed by atoms with Crippen molar-refractivity contribution in [1.29, 1.82) is 0 Å². The summed E-state index contributed by atoms with van der Waals surface area (Å²) < 4.78 is 4.95. The molecule has 0 N–H and O–H groups in total. The van der Waals surface area contributed by atoms with Crippen LogP contribution < -0.4 is 5.11 Å². The fourth-order valence-corrected chi connectivity index (χ4v) is 1.16. The molecule has 17 heavy (non-hydrogen) atoms. The van der Waals surface area contributed by atoms with Crippen LogP contribution in [-0.4, -0.2) is 18.5 Å². The normalized spacial score (nSPS) is 9.59. The van der Waals surface area contributed by atoms with E-state index >= 15 is 0 Å². The monoisotopic (exact) mass is 363 g/mol. The van der Waals surface area contributed by atoms with Gasteiger partial charge in [-0.1, -0.05) is 32.0 Å². The standard InChI is InChI=1S/C12H14O4.Nd/c1-8(2)7-16-12(15)10-6-4-3-5-9(10)11(13)14;/h3-6,8H,7H2,1-2H3,(H,13,14);/p-1. The van der Waals surface area contributed by atoms with Crippen molar-refractivity contribution < 1.29 is 60.3 Å². The predicted octanol–water partition coefficient (Wildman–Crippen LogP) is 0.863. The van der Waals surface area contributed by atoms with E-state index in [1.165, 1.54) is 18.2 Å². The van der Waals surface area contributed by atoms with E-state index < -0.39 is 11.9 Å². The zero-order chi connectivity index (χ0) is 12.1. The second-order valence-electron chi connectivity index (χ2n) is 3.83. The van der Waals surface area contributed by atoms with Crippen LogP contribution >= 0.6 is 0 Å². The van der Waals surface area contributed by atoms with Crippen LogP contribution in [0.2, 0.25) is 0 Å². The molecule has 1 rings (SSSR count). The number of hydrogen-bond donors (Lipinski definition) is 0. The van der Waals surface area contributed by atoms with E-state index in [0.717, 1.165) is 0 Å². The predicted molar refractivity (Wildman–Crippen MR) is 55.9 cm³/mol. The van der Waals surface area contributed by atoms with E-state index in [1.54, 1.807) is 6.07 Å². The number of carbonyl (C=O) groups excluding carboxylic acids is 2. The number of carbonyl (C=O) groups is 2. The third kappa shape index (κ3) is 5.12. The first-order chi connectivity index (χ1) is 7.52. The summed E-state index contributed by atoms with van der Waals surface area (Å²) in [5, 5.41) is 10.7. The van der Waals surface area contributed by atoms with Crippen molar-refractivity contribution in [2.24, 2.45) is 5.92 Å². The van der Waals surface area contributed by atoms with E-state index in [2.05, 4.69) is 0 Å². The third-order valence-electron chi connectivity index (χ3n) is 1.91. The average molecular weight is 365 g/mol. The molecule has 5 heteroatoms. The molecule has 0 spiro atoms. The van der Waals surface area contributed by atoms with Gasteiger partial charge >= 0.3 is 5.97 Å². The number of rotatable bonds is 4. The Kier molecular flexibility index (Phi) is 7.54. The van der Waals surface area contributed by atoms with Gasteiger partial charge in [0, 0.05) is 46.4 Å². The molecule has 0 bridgehead atoms. The molecule has 0 aromatic heterocycles. The minimum atomic E-state index is -1.38. The molecule has 0 aliphatic rings. The first-order valence-electron chi connectivity index (χ1n) is 5.00. The summed E-state index contributed by atoms with van der Waals surface area (Å²) in [7, 11) is 0. The molecule has 0 saturated heterocycles. The zero-order valence-corrected chi connectivity index (χ0v) is 12.9. The fraction of sp³-hybridized carbons (Fsp3) is 0.333. The molecule has 0 heterocycles. The van der Waals surface area contributed by atoms with E-state index in [0.29, 0.717) is 0 Å². The summed E-state index contributed by atoms with van der Waals surface area (Å²) in [5.74, 6) is -1.80. The molecule has 0 aliphatic heterocycles. The fourth-order valence-electron chi connectivity index (χ4n) is 1.16. The van der Waals surface area contributed by atoms with Gasteiger partial charge in [-0.15, -0.1) is 0 Å². The number of carboxylic acid groups (broad SMARTS) is 1. The van der Waals surface area contributed by atoms with Crippen molar-refractivity contribution >= 4 is 11.9 Å². The Bertz CT molecular complexity index is 401. The largest absolute Gasteiger partial charge is 0.545 e. The number of esters is 1. The van der Waals surface area contributed by atoms with Gasteiger partial charge in [0.1, 0.15) is 0 Å². The molecule has 0 saturated carbocycles. The molecule has 1 aromatic carbocycles. The van der Waals surface area contributed by atoms with Crippen LogP contribution in [-0.2, 0) is 4.74 Å². The van der Waals surface area contributed by atoms with Crippen molar-refractivity contribution in [1.82, 2.24) is 0 Å². The van der Waals surface area contributed by atoms with Gasteiger partial charge in [-0.3, -0.25) is 0 Å². The van der Waals surface area contributed by atoms with Gasteiger partial charge in [-0.05, 0) is 12.0 Å². The van der Waals surface area contributed by atoms with Crippen LogP contribution in [0.5, 0.6) is 0 Å². The van der Waals surface area contributed by atoms with Crippen LogP contribution in [0.25, 0.3) is 0 Å². The first-order valence-corrected chi connectivity index (χ1v) is 5.00. The number of aromatic carboxylic acids is 1. The van der Waals surface area contributed by atoms with Gasteiger partial charge < -0.3 is 14.6 Å². The van der Waals surface area contributed by atoms with Crippen LogP contribution in [0.3, 0.4) is 0 Å². The van der Waals surface area contributed by atoms with Crippen LogP contribution in [0.15, 0.2) is 24.3 Å². The van der Waals surface area contributed by atoms with E-state index in [-0.39, 0.29) is 64.5 Å². The molecule has 0 atom stereocenters. The Morgan fingerprint density at radius 1 is 1.24 bits per heavy atom. The maximum atomic E-state index is 11.6. The van der Waals surface area contributed by atoms with Crippen molar-refractivity contribution in [2.45, 2.75) is 13.8 Å². The number of carboxylic acids is 1. The maximum absolute atomic E-state index is 11.6. The van der Waals surface area contributed by atoms with Crippen molar-refractivity contribution in [3.8, 4) is 0 Å². The van der Waals surface area contributed by atoms with E-state index in [1.807, 2.05) is 13.8 Å². The number of benzene rings is 1. The minimum Gasteiger partial charge on any atom is -0.545 e. The Hall–Kier alpha value is -0.489. The number of hydrogen-bond acceptors (Lipinski definition) is 4. The molecular formula is C12H13NdO4-. The van der Waals surface area contributed by atoms with Crippen molar-refractivity contribution in [2.75, 3.05) is 6.61 Å². The molecule has 0 aliphatic carbocycles. The number of ether oxygens (including phenoxy) is 1. The summed E-state index contributed by atoms with van der Waals surface area (Å²) in [6.45, 7) is 4.07. The smallest absolute Gasteiger partial charge is 0.338 e. The van der Waals surface area contributed by atoms with Gasteiger partial charge in [0.25, 0.3) is 0 Å². The van der Waals surface area contributed by atoms with Gasteiger partial charge in [-0.2, -0.15) is 0 Å². The van der Waals surface area contributed by atoms with Crippen molar-refractivity contribution in [3.63, 3.8) is 0 Å². The molecule has 0 fully saturated rings. The van der Waals surface area contributed by atoms with Gasteiger partial charge in [0.15, 0.2) is 0 Å². The van der Waals surface area contributed by atoms with E-state index in [4.69, 9.17) is 4.74 Å². The topological polar surface area (TPSA) is 66.4 Å². The van der Waals surface area contributed by atoms with Crippen LogP contribution in [0.4, 0.5) is 0 Å². The van der Waals surface area contributed by atoms with E-state index in [9.17, 15) is 14.7 Å². The Labute approximate surface area is 133 Å². The summed E-state index contributed by atoms with van der Waals surface area (Å²) in [5.41, 5.74) is -0.112. The average Bonchev–Trinajstić information content (AvgIpc) is 2.25. The summed E-state index contributed by atoms with van der Waals surface area (Å²) in [4.78, 5) is 22.3. The molecule has 1 aromatic rings.